The van der Waals surface area contributed by atoms with Gasteiger partial charge in [0.25, 0.3) is 0 Å². The molecule has 1 amide bonds. The highest BCUT2D eigenvalue weighted by atomic mass is 32.2. The molecule has 0 saturated heterocycles. The summed E-state index contributed by atoms with van der Waals surface area (Å²) in [5, 5.41) is 12.3. The van der Waals surface area contributed by atoms with Gasteiger partial charge in [-0.15, -0.1) is 10.2 Å². The normalized spacial score (nSPS) is 16.4. The van der Waals surface area contributed by atoms with Crippen LogP contribution >= 0.6 is 11.8 Å². The summed E-state index contributed by atoms with van der Waals surface area (Å²) in [6, 6.07) is 0.235. The van der Waals surface area contributed by atoms with Crippen molar-refractivity contribution in [3.8, 4) is 0 Å². The highest BCUT2D eigenvalue weighted by molar-refractivity contribution is 7.99. The molecule has 1 heterocycles. The van der Waals surface area contributed by atoms with Crippen molar-refractivity contribution in [2.75, 3.05) is 5.75 Å². The fourth-order valence-electron chi connectivity index (χ4n) is 1.90. The van der Waals surface area contributed by atoms with Crippen LogP contribution in [0.2, 0.25) is 0 Å². The molecule has 0 aromatic carbocycles. The van der Waals surface area contributed by atoms with Gasteiger partial charge in [0.2, 0.25) is 5.91 Å². The summed E-state index contributed by atoms with van der Waals surface area (Å²) in [6.45, 7) is 7.04. The monoisotopic (exact) mass is 282 g/mol. The van der Waals surface area contributed by atoms with E-state index in [1.165, 1.54) is 24.6 Å². The van der Waals surface area contributed by atoms with Gasteiger partial charge in [0, 0.05) is 18.5 Å². The van der Waals surface area contributed by atoms with E-state index in [2.05, 4.69) is 33.9 Å². The molecule has 1 aliphatic carbocycles. The van der Waals surface area contributed by atoms with E-state index in [-0.39, 0.29) is 11.9 Å². The summed E-state index contributed by atoms with van der Waals surface area (Å²) in [5.41, 5.74) is 0. The number of nitrogens with one attached hydrogen (secondary N) is 1. The maximum Gasteiger partial charge on any atom is 0.230 e. The zero-order valence-electron chi connectivity index (χ0n) is 11.8. The maximum atomic E-state index is 11.7. The SMILES string of the molecule is CC[C@@H](C)NC(=O)CSc1nnc(C2CC2)n1CC. The molecule has 0 bridgehead atoms. The minimum absolute atomic E-state index is 0.0676. The van der Waals surface area contributed by atoms with E-state index in [0.717, 1.165) is 23.9 Å². The van der Waals surface area contributed by atoms with Gasteiger partial charge < -0.3 is 9.88 Å². The number of carbonyl (C=O) groups is 1. The number of hydrogen-bond acceptors (Lipinski definition) is 4. The zero-order valence-corrected chi connectivity index (χ0v) is 12.7. The van der Waals surface area contributed by atoms with Crippen LogP contribution in [0.5, 0.6) is 0 Å². The molecule has 1 aliphatic rings. The van der Waals surface area contributed by atoms with Crippen LogP contribution in [0.3, 0.4) is 0 Å². The van der Waals surface area contributed by atoms with Crippen LogP contribution in [0.25, 0.3) is 0 Å². The number of aromatic nitrogens is 3. The maximum absolute atomic E-state index is 11.7. The molecule has 0 spiro atoms. The lowest BCUT2D eigenvalue weighted by Gasteiger charge is -2.11. The van der Waals surface area contributed by atoms with Crippen LogP contribution < -0.4 is 5.32 Å². The third-order valence-electron chi connectivity index (χ3n) is 3.36. The number of hydrogen-bond donors (Lipinski definition) is 1. The van der Waals surface area contributed by atoms with Gasteiger partial charge in [-0.2, -0.15) is 0 Å². The topological polar surface area (TPSA) is 59.8 Å². The Labute approximate surface area is 118 Å². The first-order valence-corrected chi connectivity index (χ1v) is 7.99. The van der Waals surface area contributed by atoms with Gasteiger partial charge in [-0.25, -0.2) is 0 Å². The second-order valence-corrected chi connectivity index (χ2v) is 5.97. The summed E-state index contributed by atoms with van der Waals surface area (Å²) in [4.78, 5) is 11.7. The van der Waals surface area contributed by atoms with Gasteiger partial charge in [-0.05, 0) is 33.1 Å². The third kappa shape index (κ3) is 3.72. The van der Waals surface area contributed by atoms with E-state index < -0.39 is 0 Å². The Morgan fingerprint density at radius 2 is 2.21 bits per heavy atom. The van der Waals surface area contributed by atoms with Gasteiger partial charge in [0.1, 0.15) is 5.82 Å². The molecular formula is C13H22N4OS. The van der Waals surface area contributed by atoms with Crippen molar-refractivity contribution in [1.82, 2.24) is 20.1 Å². The number of rotatable bonds is 7. The van der Waals surface area contributed by atoms with Crippen molar-refractivity contribution in [3.63, 3.8) is 0 Å². The first-order chi connectivity index (χ1) is 9.15. The molecule has 19 heavy (non-hydrogen) atoms. The highest BCUT2D eigenvalue weighted by Crippen LogP contribution is 2.39. The van der Waals surface area contributed by atoms with Gasteiger partial charge in [0.05, 0.1) is 5.75 Å². The summed E-state index contributed by atoms with van der Waals surface area (Å²) in [7, 11) is 0. The fourth-order valence-corrected chi connectivity index (χ4v) is 2.72. The molecule has 0 aliphatic heterocycles. The van der Waals surface area contributed by atoms with Crippen LogP contribution in [0.1, 0.15) is 51.8 Å². The molecule has 1 fully saturated rings. The van der Waals surface area contributed by atoms with E-state index in [1.807, 2.05) is 6.92 Å². The van der Waals surface area contributed by atoms with Crippen LogP contribution in [-0.4, -0.2) is 32.5 Å². The van der Waals surface area contributed by atoms with Gasteiger partial charge in [-0.1, -0.05) is 18.7 Å². The number of carbonyl (C=O) groups excluding carboxylic acids is 1. The Hall–Kier alpha value is -1.04. The molecule has 5 nitrogen and oxygen atoms in total. The lowest BCUT2D eigenvalue weighted by Crippen LogP contribution is -2.33. The van der Waals surface area contributed by atoms with Crippen molar-refractivity contribution in [1.29, 1.82) is 0 Å². The van der Waals surface area contributed by atoms with Crippen LogP contribution in [0, 0.1) is 0 Å². The predicted molar refractivity (Wildman–Crippen MR) is 76.3 cm³/mol. The Morgan fingerprint density at radius 1 is 1.47 bits per heavy atom. The lowest BCUT2D eigenvalue weighted by atomic mass is 10.3. The molecule has 2 rings (SSSR count). The fraction of sp³-hybridized carbons (Fsp3) is 0.769. The van der Waals surface area contributed by atoms with Gasteiger partial charge in [0.15, 0.2) is 5.16 Å². The van der Waals surface area contributed by atoms with Crippen molar-refractivity contribution in [2.24, 2.45) is 0 Å². The van der Waals surface area contributed by atoms with Crippen molar-refractivity contribution in [2.45, 2.75) is 63.7 Å². The lowest BCUT2D eigenvalue weighted by molar-refractivity contribution is -0.119. The molecule has 0 unspecified atom stereocenters. The molecule has 0 radical (unpaired) electrons. The molecule has 1 N–H and O–H groups in total. The first kappa shape index (κ1) is 14.4. The van der Waals surface area contributed by atoms with E-state index in [0.29, 0.717) is 11.7 Å². The Balaban J connectivity index is 1.90. The van der Waals surface area contributed by atoms with Gasteiger partial charge in [-0.3, -0.25) is 4.79 Å². The summed E-state index contributed by atoms with van der Waals surface area (Å²) in [6.07, 6.45) is 3.39. The molecule has 1 aromatic rings. The molecule has 6 heteroatoms. The van der Waals surface area contributed by atoms with Crippen molar-refractivity contribution >= 4 is 17.7 Å². The molecular weight excluding hydrogens is 260 g/mol. The minimum atomic E-state index is 0.0676. The molecule has 1 atom stereocenters. The van der Waals surface area contributed by atoms with E-state index in [4.69, 9.17) is 0 Å². The van der Waals surface area contributed by atoms with E-state index >= 15 is 0 Å². The molecule has 106 valence electrons. The Bertz CT molecular complexity index is 442. The van der Waals surface area contributed by atoms with Crippen molar-refractivity contribution < 1.29 is 4.79 Å². The molecule has 1 saturated carbocycles. The standard InChI is InChI=1S/C13H22N4OS/c1-4-9(3)14-11(18)8-19-13-16-15-12(10-6-7-10)17(13)5-2/h9-10H,4-8H2,1-3H3,(H,14,18)/t9-/m1/s1. The minimum Gasteiger partial charge on any atom is -0.353 e. The third-order valence-corrected chi connectivity index (χ3v) is 4.32. The zero-order chi connectivity index (χ0) is 13.8. The van der Waals surface area contributed by atoms with Crippen molar-refractivity contribution in [3.05, 3.63) is 5.82 Å². The first-order valence-electron chi connectivity index (χ1n) is 7.00. The summed E-state index contributed by atoms with van der Waals surface area (Å²) >= 11 is 1.48. The summed E-state index contributed by atoms with van der Waals surface area (Å²) in [5.74, 6) is 2.16. The quantitative estimate of drug-likeness (QED) is 0.779. The number of amides is 1. The van der Waals surface area contributed by atoms with E-state index in [9.17, 15) is 4.79 Å². The smallest absolute Gasteiger partial charge is 0.230 e. The Morgan fingerprint density at radius 3 is 2.79 bits per heavy atom. The highest BCUT2D eigenvalue weighted by Gasteiger charge is 2.30. The van der Waals surface area contributed by atoms with Crippen LogP contribution in [0.15, 0.2) is 5.16 Å². The number of nitrogens with zero attached hydrogens (tertiary/aromatic N) is 3. The second kappa shape index (κ2) is 6.41. The second-order valence-electron chi connectivity index (χ2n) is 5.02. The summed E-state index contributed by atoms with van der Waals surface area (Å²) < 4.78 is 2.14. The average Bonchev–Trinajstić information content (AvgIpc) is 3.16. The van der Waals surface area contributed by atoms with Gasteiger partial charge >= 0.3 is 0 Å². The Kier molecular flexibility index (Phi) is 4.85. The largest absolute Gasteiger partial charge is 0.353 e. The average molecular weight is 282 g/mol. The molecule has 1 aromatic heterocycles. The number of thioether (sulfide) groups is 1. The van der Waals surface area contributed by atoms with Crippen LogP contribution in [0.4, 0.5) is 0 Å². The van der Waals surface area contributed by atoms with Crippen LogP contribution in [-0.2, 0) is 11.3 Å². The van der Waals surface area contributed by atoms with E-state index in [1.54, 1.807) is 0 Å². The predicted octanol–water partition coefficient (Wildman–Crippen LogP) is 2.18.